The molecule has 2 heterocycles. The molecule has 142 valence electrons. The second-order valence-electron chi connectivity index (χ2n) is 7.53. The summed E-state index contributed by atoms with van der Waals surface area (Å²) in [6, 6.07) is 8.33. The van der Waals surface area contributed by atoms with Crippen molar-refractivity contribution in [3.8, 4) is 0 Å². The van der Waals surface area contributed by atoms with Crippen molar-refractivity contribution in [3.63, 3.8) is 0 Å². The van der Waals surface area contributed by atoms with E-state index in [9.17, 15) is 4.79 Å². The number of carbonyl (C=O) groups is 1. The van der Waals surface area contributed by atoms with Gasteiger partial charge in [-0.1, -0.05) is 18.9 Å². The van der Waals surface area contributed by atoms with E-state index >= 15 is 0 Å². The molecule has 1 aliphatic rings. The second kappa shape index (κ2) is 9.08. The molecule has 0 spiro atoms. The van der Waals surface area contributed by atoms with Crippen LogP contribution in [0.5, 0.6) is 0 Å². The quantitative estimate of drug-likeness (QED) is 0.817. The molecule has 0 radical (unpaired) electrons. The summed E-state index contributed by atoms with van der Waals surface area (Å²) in [4.78, 5) is 20.0. The summed E-state index contributed by atoms with van der Waals surface area (Å²) in [6.45, 7) is 6.36. The van der Waals surface area contributed by atoms with E-state index in [-0.39, 0.29) is 12.1 Å². The Bertz CT molecular complexity index is 703. The Morgan fingerprint density at radius 3 is 2.77 bits per heavy atom. The second-order valence-corrected chi connectivity index (χ2v) is 7.53. The van der Waals surface area contributed by atoms with E-state index in [0.29, 0.717) is 0 Å². The lowest BCUT2D eigenvalue weighted by atomic mass is 10.1. The minimum absolute atomic E-state index is 0.00234. The molecule has 0 bridgehead atoms. The maximum Gasteiger partial charge on any atom is 0.317 e. The van der Waals surface area contributed by atoms with Crippen molar-refractivity contribution in [1.29, 1.82) is 0 Å². The molecule has 3 rings (SSSR count). The van der Waals surface area contributed by atoms with Gasteiger partial charge >= 0.3 is 6.03 Å². The highest BCUT2D eigenvalue weighted by Crippen LogP contribution is 2.19. The minimum Gasteiger partial charge on any atom is -0.361 e. The van der Waals surface area contributed by atoms with E-state index in [0.717, 1.165) is 30.6 Å². The van der Waals surface area contributed by atoms with Gasteiger partial charge < -0.3 is 20.1 Å². The number of nitrogens with one attached hydrogen (secondary N) is 2. The zero-order chi connectivity index (χ0) is 18.4. The third-order valence-electron chi connectivity index (χ3n) is 5.43. The summed E-state index contributed by atoms with van der Waals surface area (Å²) >= 11 is 0. The van der Waals surface area contributed by atoms with Gasteiger partial charge in [-0.25, -0.2) is 4.79 Å². The molecule has 1 atom stereocenters. The van der Waals surface area contributed by atoms with Crippen molar-refractivity contribution in [2.45, 2.75) is 45.1 Å². The first-order chi connectivity index (χ1) is 12.6. The molecule has 1 aromatic heterocycles. The zero-order valence-corrected chi connectivity index (χ0v) is 16.1. The molecule has 5 heteroatoms. The smallest absolute Gasteiger partial charge is 0.317 e. The highest BCUT2D eigenvalue weighted by atomic mass is 16.2. The lowest BCUT2D eigenvalue weighted by Crippen LogP contribution is -2.40. The van der Waals surface area contributed by atoms with Crippen LogP contribution in [0.25, 0.3) is 10.9 Å². The van der Waals surface area contributed by atoms with Crippen molar-refractivity contribution in [1.82, 2.24) is 20.1 Å². The van der Waals surface area contributed by atoms with E-state index < -0.39 is 0 Å². The summed E-state index contributed by atoms with van der Waals surface area (Å²) in [7, 11) is 1.89. The summed E-state index contributed by atoms with van der Waals surface area (Å²) < 4.78 is 0. The van der Waals surface area contributed by atoms with Gasteiger partial charge in [0.25, 0.3) is 0 Å². The lowest BCUT2D eigenvalue weighted by molar-refractivity contribution is 0.200. The van der Waals surface area contributed by atoms with E-state index in [4.69, 9.17) is 0 Å². The van der Waals surface area contributed by atoms with E-state index in [1.165, 1.54) is 44.2 Å². The van der Waals surface area contributed by atoms with Crippen LogP contribution in [-0.4, -0.2) is 54.0 Å². The molecule has 2 aromatic rings. The molecule has 1 aromatic carbocycles. The Kier molecular flexibility index (Phi) is 6.56. The molecule has 0 saturated carbocycles. The van der Waals surface area contributed by atoms with Crippen LogP contribution < -0.4 is 5.32 Å². The fourth-order valence-electron chi connectivity index (χ4n) is 3.71. The van der Waals surface area contributed by atoms with Gasteiger partial charge in [0, 0.05) is 25.3 Å². The Hall–Kier alpha value is -2.01. The Morgan fingerprint density at radius 1 is 1.23 bits per heavy atom. The van der Waals surface area contributed by atoms with Crippen molar-refractivity contribution in [2.75, 3.05) is 33.2 Å². The third kappa shape index (κ3) is 5.01. The fraction of sp³-hybridized carbons (Fsp3) is 0.571. The van der Waals surface area contributed by atoms with Gasteiger partial charge in [-0.3, -0.25) is 0 Å². The van der Waals surface area contributed by atoms with Crippen LogP contribution in [0.1, 0.15) is 50.6 Å². The SMILES string of the molecule is CC(NC(=O)N(C)CCCN1CCCCCC1)c1ccc2[nH]ccc2c1. The number of nitrogens with zero attached hydrogens (tertiary/aromatic N) is 2. The first-order valence-corrected chi connectivity index (χ1v) is 9.94. The number of hydrogen-bond donors (Lipinski definition) is 2. The van der Waals surface area contributed by atoms with Gasteiger partial charge in [-0.15, -0.1) is 0 Å². The van der Waals surface area contributed by atoms with Gasteiger partial charge in [0.15, 0.2) is 0 Å². The van der Waals surface area contributed by atoms with Crippen LogP contribution in [0.2, 0.25) is 0 Å². The average Bonchev–Trinajstić information content (AvgIpc) is 2.96. The standard InChI is InChI=1S/C21H32N4O/c1-17(18-8-9-20-19(16-18)10-11-22-20)23-21(26)24(2)12-7-15-25-13-5-3-4-6-14-25/h8-11,16-17,22H,3-7,12-15H2,1-2H3,(H,23,26). The zero-order valence-electron chi connectivity index (χ0n) is 16.1. The first kappa shape index (κ1) is 18.8. The van der Waals surface area contributed by atoms with E-state index in [2.05, 4.69) is 39.5 Å². The molecular formula is C21H32N4O. The molecule has 1 saturated heterocycles. The number of urea groups is 1. The number of likely N-dealkylation sites (tertiary alicyclic amines) is 1. The van der Waals surface area contributed by atoms with Crippen molar-refractivity contribution in [3.05, 3.63) is 36.0 Å². The van der Waals surface area contributed by atoms with Gasteiger partial charge in [-0.2, -0.15) is 0 Å². The van der Waals surface area contributed by atoms with Gasteiger partial charge in [-0.05, 0) is 75.0 Å². The first-order valence-electron chi connectivity index (χ1n) is 9.94. The number of benzene rings is 1. The largest absolute Gasteiger partial charge is 0.361 e. The highest BCUT2D eigenvalue weighted by molar-refractivity contribution is 5.80. The molecule has 5 nitrogen and oxygen atoms in total. The van der Waals surface area contributed by atoms with Crippen LogP contribution in [0, 0.1) is 0 Å². The molecular weight excluding hydrogens is 324 g/mol. The third-order valence-corrected chi connectivity index (χ3v) is 5.43. The minimum atomic E-state index is -0.00476. The number of carbonyl (C=O) groups excluding carboxylic acids is 1. The summed E-state index contributed by atoms with van der Waals surface area (Å²) in [5.41, 5.74) is 2.25. The maximum atomic E-state index is 12.5. The number of H-pyrrole nitrogens is 1. The molecule has 2 N–H and O–H groups in total. The molecule has 1 aliphatic heterocycles. The van der Waals surface area contributed by atoms with Gasteiger partial charge in [0.05, 0.1) is 6.04 Å². The monoisotopic (exact) mass is 356 g/mol. The van der Waals surface area contributed by atoms with Crippen molar-refractivity contribution < 1.29 is 4.79 Å². The van der Waals surface area contributed by atoms with E-state index in [1.807, 2.05) is 25.1 Å². The van der Waals surface area contributed by atoms with Crippen LogP contribution in [0.15, 0.2) is 30.5 Å². The number of fused-ring (bicyclic) bond motifs is 1. The lowest BCUT2D eigenvalue weighted by Gasteiger charge is -2.24. The topological polar surface area (TPSA) is 51.4 Å². The predicted molar refractivity (Wildman–Crippen MR) is 107 cm³/mol. The number of hydrogen-bond acceptors (Lipinski definition) is 2. The number of aromatic amines is 1. The number of amides is 2. The molecule has 1 fully saturated rings. The van der Waals surface area contributed by atoms with Crippen molar-refractivity contribution in [2.24, 2.45) is 0 Å². The molecule has 1 unspecified atom stereocenters. The van der Waals surface area contributed by atoms with Crippen LogP contribution in [-0.2, 0) is 0 Å². The maximum absolute atomic E-state index is 12.5. The molecule has 26 heavy (non-hydrogen) atoms. The Labute approximate surface area is 156 Å². The van der Waals surface area contributed by atoms with Crippen LogP contribution in [0.3, 0.4) is 0 Å². The fourth-order valence-corrected chi connectivity index (χ4v) is 3.71. The van der Waals surface area contributed by atoms with Gasteiger partial charge in [0.2, 0.25) is 0 Å². The Morgan fingerprint density at radius 2 is 2.00 bits per heavy atom. The average molecular weight is 357 g/mol. The normalized spacial score (nSPS) is 17.0. The number of aromatic nitrogens is 1. The summed E-state index contributed by atoms with van der Waals surface area (Å²) in [6.07, 6.45) is 8.35. The Balaban J connectivity index is 1.44. The van der Waals surface area contributed by atoms with Gasteiger partial charge in [0.1, 0.15) is 0 Å². The summed E-state index contributed by atoms with van der Waals surface area (Å²) in [5, 5.41) is 4.29. The summed E-state index contributed by atoms with van der Waals surface area (Å²) in [5.74, 6) is 0. The predicted octanol–water partition coefficient (Wildman–Crippen LogP) is 4.14. The van der Waals surface area contributed by atoms with Crippen LogP contribution in [0.4, 0.5) is 4.79 Å². The number of rotatable bonds is 6. The van der Waals surface area contributed by atoms with E-state index in [1.54, 1.807) is 0 Å². The molecule has 0 aliphatic carbocycles. The highest BCUT2D eigenvalue weighted by Gasteiger charge is 2.14. The van der Waals surface area contributed by atoms with Crippen molar-refractivity contribution >= 4 is 16.9 Å². The van der Waals surface area contributed by atoms with Crippen LogP contribution >= 0.6 is 0 Å². The molecule has 2 amide bonds.